The van der Waals surface area contributed by atoms with Crippen molar-refractivity contribution in [3.05, 3.63) is 0 Å². The molecule has 6 heteroatoms. The minimum atomic E-state index is -4.35. The fourth-order valence-corrected chi connectivity index (χ4v) is 2.51. The van der Waals surface area contributed by atoms with E-state index in [1.165, 1.54) is 0 Å². The first-order valence-electron chi connectivity index (χ1n) is 5.72. The number of unbranched alkanes of at least 4 members (excludes halogenated alkanes) is 2. The van der Waals surface area contributed by atoms with Crippen LogP contribution in [-0.2, 0) is 8.85 Å². The van der Waals surface area contributed by atoms with Crippen LogP contribution in [-0.4, -0.2) is 27.6 Å². The second-order valence-electron chi connectivity index (χ2n) is 3.85. The molecule has 0 heterocycles. The van der Waals surface area contributed by atoms with Gasteiger partial charge in [0, 0.05) is 13.2 Å². The maximum absolute atomic E-state index is 12.8. The molecule has 0 aliphatic heterocycles. The molecule has 0 atom stereocenters. The highest BCUT2D eigenvalue weighted by molar-refractivity contribution is 6.68. The van der Waals surface area contributed by atoms with Gasteiger partial charge >= 0.3 is 14.4 Å². The van der Waals surface area contributed by atoms with Gasteiger partial charge in [-0.2, -0.15) is 13.2 Å². The van der Waals surface area contributed by atoms with Crippen molar-refractivity contribution in [3.8, 4) is 0 Å². The number of alkyl halides is 3. The van der Waals surface area contributed by atoms with Crippen LogP contribution in [0.1, 0.15) is 39.5 Å². The fourth-order valence-electron chi connectivity index (χ4n) is 1.03. The second kappa shape index (κ2) is 7.29. The molecule has 0 fully saturated rings. The lowest BCUT2D eigenvalue weighted by Crippen LogP contribution is -2.53. The molecule has 16 heavy (non-hydrogen) atoms. The van der Waals surface area contributed by atoms with Gasteiger partial charge < -0.3 is 8.85 Å². The molecule has 0 aromatic heterocycles. The molecule has 0 radical (unpaired) electrons. The molecule has 98 valence electrons. The number of hydrogen-bond donors (Lipinski definition) is 0. The van der Waals surface area contributed by atoms with E-state index in [4.69, 9.17) is 8.85 Å². The molecular formula is C10H21F3O2Si. The normalized spacial score (nSPS) is 13.1. The summed E-state index contributed by atoms with van der Waals surface area (Å²) in [5.74, 6) is -4.35. The quantitative estimate of drug-likeness (QED) is 0.487. The highest BCUT2D eigenvalue weighted by atomic mass is 28.4. The third-order valence-corrected chi connectivity index (χ3v) is 4.81. The van der Waals surface area contributed by atoms with Crippen LogP contribution < -0.4 is 0 Å². The summed E-state index contributed by atoms with van der Waals surface area (Å²) in [5, 5.41) is 0. The molecular weight excluding hydrogens is 237 g/mol. The molecule has 0 aliphatic rings. The molecule has 2 nitrogen and oxygen atoms in total. The third-order valence-electron chi connectivity index (χ3n) is 2.27. The Morgan fingerprint density at radius 2 is 1.31 bits per heavy atom. The molecule has 0 aromatic rings. The third kappa shape index (κ3) is 5.31. The van der Waals surface area contributed by atoms with Crippen molar-refractivity contribution in [2.24, 2.45) is 0 Å². The minimum Gasteiger partial charge on any atom is -0.389 e. The Labute approximate surface area is 96.4 Å². The maximum atomic E-state index is 12.8. The smallest absolute Gasteiger partial charge is 0.389 e. The molecule has 0 amide bonds. The Balaban J connectivity index is 4.26. The summed E-state index contributed by atoms with van der Waals surface area (Å²) in [7, 11) is -4.03. The highest BCUT2D eigenvalue weighted by Gasteiger charge is 2.58. The molecule has 0 spiro atoms. The van der Waals surface area contributed by atoms with Crippen molar-refractivity contribution in [1.82, 2.24) is 0 Å². The first-order valence-corrected chi connectivity index (χ1v) is 8.03. The Hall–Kier alpha value is -0.0731. The first-order chi connectivity index (χ1) is 7.37. The zero-order chi connectivity index (χ0) is 12.7. The maximum Gasteiger partial charge on any atom is 0.455 e. The van der Waals surface area contributed by atoms with Crippen LogP contribution in [0.4, 0.5) is 13.2 Å². The fraction of sp³-hybridized carbons (Fsp3) is 1.00. The van der Waals surface area contributed by atoms with Crippen LogP contribution in [0.3, 0.4) is 0 Å². The molecule has 0 saturated heterocycles. The van der Waals surface area contributed by atoms with Gasteiger partial charge in [-0.25, -0.2) is 0 Å². The van der Waals surface area contributed by atoms with E-state index < -0.39 is 14.4 Å². The van der Waals surface area contributed by atoms with E-state index in [-0.39, 0.29) is 13.2 Å². The first kappa shape index (κ1) is 15.9. The molecule has 0 rings (SSSR count). The molecule has 0 aromatic carbocycles. The largest absolute Gasteiger partial charge is 0.455 e. The van der Waals surface area contributed by atoms with Crippen molar-refractivity contribution in [2.75, 3.05) is 13.2 Å². The van der Waals surface area contributed by atoms with E-state index in [0.717, 1.165) is 19.4 Å². The molecule has 0 unspecified atom stereocenters. The average molecular weight is 258 g/mol. The van der Waals surface area contributed by atoms with Crippen molar-refractivity contribution in [1.29, 1.82) is 0 Å². The van der Waals surface area contributed by atoms with Gasteiger partial charge in [0.05, 0.1) is 0 Å². The van der Waals surface area contributed by atoms with E-state index in [0.29, 0.717) is 12.8 Å². The Morgan fingerprint density at radius 1 is 0.938 bits per heavy atom. The highest BCUT2D eigenvalue weighted by Crippen LogP contribution is 2.30. The second-order valence-corrected chi connectivity index (χ2v) is 6.88. The Kier molecular flexibility index (Phi) is 7.26. The Bertz CT molecular complexity index is 175. The van der Waals surface area contributed by atoms with Crippen LogP contribution in [0.25, 0.3) is 0 Å². The predicted octanol–water partition coefficient (Wildman–Crippen LogP) is 3.79. The summed E-state index contributed by atoms with van der Waals surface area (Å²) in [5.41, 5.74) is 0. The van der Waals surface area contributed by atoms with Gasteiger partial charge in [-0.15, -0.1) is 0 Å². The number of halogens is 3. The van der Waals surface area contributed by atoms with E-state index in [2.05, 4.69) is 0 Å². The lowest BCUT2D eigenvalue weighted by molar-refractivity contribution is -0.0986. The lowest BCUT2D eigenvalue weighted by atomic mass is 10.4. The molecule has 0 bridgehead atoms. The predicted molar refractivity (Wildman–Crippen MR) is 59.4 cm³/mol. The standard InChI is InChI=1S/C10H21F3O2Si/c1-4-6-8-14-16(3,10(11,12)13)15-9-7-5-2/h4-9H2,1-3H3. The minimum absolute atomic E-state index is 0.130. The van der Waals surface area contributed by atoms with Gasteiger partial charge in [-0.1, -0.05) is 26.7 Å². The molecule has 0 saturated carbocycles. The van der Waals surface area contributed by atoms with E-state index in [1.807, 2.05) is 13.8 Å². The summed E-state index contributed by atoms with van der Waals surface area (Å²) in [6.45, 7) is 5.16. The average Bonchev–Trinajstić information content (AvgIpc) is 2.17. The van der Waals surface area contributed by atoms with Crippen LogP contribution in [0.2, 0.25) is 6.55 Å². The van der Waals surface area contributed by atoms with Crippen molar-refractivity contribution in [3.63, 3.8) is 0 Å². The van der Waals surface area contributed by atoms with Gasteiger partial charge in [-0.05, 0) is 19.4 Å². The monoisotopic (exact) mass is 258 g/mol. The van der Waals surface area contributed by atoms with Crippen LogP contribution in [0, 0.1) is 0 Å². The Morgan fingerprint density at radius 3 is 1.56 bits per heavy atom. The summed E-state index contributed by atoms with van der Waals surface area (Å²) in [6.07, 6.45) is 2.90. The molecule has 0 aliphatic carbocycles. The van der Waals surface area contributed by atoms with Crippen molar-refractivity contribution in [2.45, 2.75) is 51.9 Å². The van der Waals surface area contributed by atoms with Gasteiger partial charge in [0.2, 0.25) is 0 Å². The van der Waals surface area contributed by atoms with Gasteiger partial charge in [0.1, 0.15) is 0 Å². The van der Waals surface area contributed by atoms with E-state index in [1.54, 1.807) is 0 Å². The van der Waals surface area contributed by atoms with E-state index >= 15 is 0 Å². The summed E-state index contributed by atoms with van der Waals surface area (Å²) >= 11 is 0. The topological polar surface area (TPSA) is 18.5 Å². The van der Waals surface area contributed by atoms with Crippen LogP contribution in [0.5, 0.6) is 0 Å². The number of rotatable bonds is 8. The lowest BCUT2D eigenvalue weighted by Gasteiger charge is -2.28. The van der Waals surface area contributed by atoms with Crippen molar-refractivity contribution < 1.29 is 22.0 Å². The van der Waals surface area contributed by atoms with Crippen molar-refractivity contribution >= 4 is 8.56 Å². The van der Waals surface area contributed by atoms with E-state index in [9.17, 15) is 13.2 Å². The summed E-state index contributed by atoms with van der Waals surface area (Å²) in [6, 6.07) is 0. The van der Waals surface area contributed by atoms with Crippen LogP contribution in [0.15, 0.2) is 0 Å². The SMILES string of the molecule is CCCCO[Si](C)(OCCCC)C(F)(F)F. The van der Waals surface area contributed by atoms with Gasteiger partial charge in [0.25, 0.3) is 0 Å². The zero-order valence-electron chi connectivity index (χ0n) is 10.2. The molecule has 0 N–H and O–H groups in total. The zero-order valence-corrected chi connectivity index (χ0v) is 11.2. The van der Waals surface area contributed by atoms with Gasteiger partial charge in [0.15, 0.2) is 0 Å². The number of hydrogen-bond acceptors (Lipinski definition) is 2. The summed E-state index contributed by atoms with van der Waals surface area (Å²) in [4.78, 5) is 0. The van der Waals surface area contributed by atoms with Gasteiger partial charge in [-0.3, -0.25) is 0 Å². The summed E-state index contributed by atoms with van der Waals surface area (Å²) < 4.78 is 48.3. The van der Waals surface area contributed by atoms with Crippen LogP contribution >= 0.6 is 0 Å².